The average Bonchev–Trinajstić information content (AvgIpc) is 2.81. The number of amides is 2. The zero-order chi connectivity index (χ0) is 14.5. The van der Waals surface area contributed by atoms with Crippen molar-refractivity contribution in [2.24, 2.45) is 5.41 Å². The molecule has 0 aromatic heterocycles. The number of rotatable bonds is 6. The number of hydrogen-bond acceptors (Lipinski definition) is 3. The largest absolute Gasteiger partial charge is 0.481 e. The van der Waals surface area contributed by atoms with Gasteiger partial charge in [0.2, 0.25) is 0 Å². The maximum Gasteiger partial charge on any atom is 0.319 e. The lowest BCUT2D eigenvalue weighted by molar-refractivity contribution is -0.148. The minimum atomic E-state index is -0.775. The van der Waals surface area contributed by atoms with Crippen LogP contribution in [-0.4, -0.2) is 67.2 Å². The van der Waals surface area contributed by atoms with E-state index in [4.69, 9.17) is 0 Å². The monoisotopic (exact) mass is 271 g/mol. The first-order chi connectivity index (χ1) is 8.96. The number of hydrogen-bond donors (Lipinski definition) is 2. The van der Waals surface area contributed by atoms with E-state index in [0.717, 1.165) is 13.0 Å². The molecule has 0 radical (unpaired) electrons. The van der Waals surface area contributed by atoms with Gasteiger partial charge in [0.15, 0.2) is 0 Å². The van der Waals surface area contributed by atoms with Crippen LogP contribution in [0.25, 0.3) is 0 Å². The van der Waals surface area contributed by atoms with Crippen LogP contribution in [-0.2, 0) is 4.79 Å². The first-order valence-corrected chi connectivity index (χ1v) is 6.85. The molecule has 0 saturated carbocycles. The number of carboxylic acid groups (broad SMARTS) is 1. The van der Waals surface area contributed by atoms with Crippen molar-refractivity contribution in [1.29, 1.82) is 0 Å². The van der Waals surface area contributed by atoms with Crippen LogP contribution in [0.3, 0.4) is 0 Å². The van der Waals surface area contributed by atoms with E-state index < -0.39 is 11.4 Å². The summed E-state index contributed by atoms with van der Waals surface area (Å²) in [6, 6.07) is -0.0746. The fraction of sp³-hybridized carbons (Fsp3) is 0.846. The number of nitrogens with one attached hydrogen (secondary N) is 1. The predicted octanol–water partition coefficient (Wildman–Crippen LogP) is 0.834. The first-order valence-electron chi connectivity index (χ1n) is 6.85. The summed E-state index contributed by atoms with van der Waals surface area (Å²) >= 11 is 0. The number of urea groups is 1. The summed E-state index contributed by atoms with van der Waals surface area (Å²) in [4.78, 5) is 27.0. The lowest BCUT2D eigenvalue weighted by Crippen LogP contribution is -2.44. The van der Waals surface area contributed by atoms with Gasteiger partial charge in [-0.3, -0.25) is 4.79 Å². The Hall–Kier alpha value is -1.30. The molecule has 0 bridgehead atoms. The number of likely N-dealkylation sites (N-methyl/N-ethyl adjacent to an activating group) is 2. The third-order valence-electron chi connectivity index (χ3n) is 3.83. The molecule has 0 aromatic rings. The summed E-state index contributed by atoms with van der Waals surface area (Å²) < 4.78 is 0. The van der Waals surface area contributed by atoms with Crippen molar-refractivity contribution < 1.29 is 14.7 Å². The Balaban J connectivity index is 2.63. The van der Waals surface area contributed by atoms with Gasteiger partial charge in [0.1, 0.15) is 0 Å². The second-order valence-electron chi connectivity index (χ2n) is 5.31. The van der Waals surface area contributed by atoms with Gasteiger partial charge in [0.05, 0.1) is 5.41 Å². The highest BCUT2D eigenvalue weighted by atomic mass is 16.4. The highest BCUT2D eigenvalue weighted by Gasteiger charge is 2.45. The lowest BCUT2D eigenvalue weighted by atomic mass is 9.83. The molecule has 2 N–H and O–H groups in total. The summed E-state index contributed by atoms with van der Waals surface area (Å²) in [7, 11) is 3.59. The third-order valence-corrected chi connectivity index (χ3v) is 3.83. The molecule has 19 heavy (non-hydrogen) atoms. The van der Waals surface area contributed by atoms with E-state index >= 15 is 0 Å². The van der Waals surface area contributed by atoms with Gasteiger partial charge in [0.25, 0.3) is 0 Å². The number of carboxylic acids is 1. The molecular formula is C13H25N3O3. The Bertz CT molecular complexity index is 335. The van der Waals surface area contributed by atoms with E-state index in [1.165, 1.54) is 0 Å². The molecule has 0 aliphatic carbocycles. The minimum absolute atomic E-state index is 0.0746. The highest BCUT2D eigenvalue weighted by molar-refractivity contribution is 5.79. The molecule has 0 spiro atoms. The van der Waals surface area contributed by atoms with E-state index in [9.17, 15) is 14.7 Å². The topological polar surface area (TPSA) is 72.9 Å². The van der Waals surface area contributed by atoms with Gasteiger partial charge in [-0.15, -0.1) is 0 Å². The molecule has 1 aliphatic heterocycles. The van der Waals surface area contributed by atoms with Crippen molar-refractivity contribution >= 4 is 12.0 Å². The summed E-state index contributed by atoms with van der Waals surface area (Å²) in [5, 5.41) is 12.4. The van der Waals surface area contributed by atoms with Gasteiger partial charge in [-0.05, 0) is 19.9 Å². The molecule has 6 nitrogen and oxygen atoms in total. The molecule has 1 fully saturated rings. The number of nitrogens with zero attached hydrogens (tertiary/aromatic N) is 2. The minimum Gasteiger partial charge on any atom is -0.481 e. The van der Waals surface area contributed by atoms with Crippen LogP contribution in [0.15, 0.2) is 0 Å². The Morgan fingerprint density at radius 2 is 2.16 bits per heavy atom. The first kappa shape index (κ1) is 15.8. The second-order valence-corrected chi connectivity index (χ2v) is 5.31. The number of carbonyl (C=O) groups is 2. The van der Waals surface area contributed by atoms with Crippen LogP contribution in [0.2, 0.25) is 0 Å². The zero-order valence-corrected chi connectivity index (χ0v) is 12.1. The Kier molecular flexibility index (Phi) is 5.60. The molecule has 0 aromatic carbocycles. The number of aliphatic carboxylic acids is 1. The van der Waals surface area contributed by atoms with Crippen LogP contribution in [0.4, 0.5) is 4.79 Å². The zero-order valence-electron chi connectivity index (χ0n) is 12.1. The van der Waals surface area contributed by atoms with Gasteiger partial charge in [0, 0.05) is 33.2 Å². The molecule has 6 heteroatoms. The van der Waals surface area contributed by atoms with Crippen molar-refractivity contribution in [3.63, 3.8) is 0 Å². The fourth-order valence-electron chi connectivity index (χ4n) is 2.62. The van der Waals surface area contributed by atoms with Crippen LogP contribution in [0.5, 0.6) is 0 Å². The van der Waals surface area contributed by atoms with Crippen molar-refractivity contribution in [1.82, 2.24) is 15.1 Å². The number of carbonyl (C=O) groups excluding carboxylic acids is 1. The van der Waals surface area contributed by atoms with Crippen molar-refractivity contribution in [3.8, 4) is 0 Å². The van der Waals surface area contributed by atoms with Gasteiger partial charge in [-0.25, -0.2) is 4.79 Å². The van der Waals surface area contributed by atoms with Crippen LogP contribution in [0.1, 0.15) is 26.2 Å². The normalized spacial score (nSPS) is 22.6. The summed E-state index contributed by atoms with van der Waals surface area (Å²) in [6.45, 7) is 4.21. The van der Waals surface area contributed by atoms with Crippen LogP contribution < -0.4 is 5.32 Å². The van der Waals surface area contributed by atoms with Gasteiger partial charge >= 0.3 is 12.0 Å². The standard InChI is InChI=1S/C13H25N3O3/c1-4-5-13(11(17)18)6-8-16(10-13)12(19)15(3)9-7-14-2/h14H,4-10H2,1-3H3,(H,17,18). The molecule has 1 atom stereocenters. The Morgan fingerprint density at radius 3 is 2.68 bits per heavy atom. The summed E-state index contributed by atoms with van der Waals surface area (Å²) in [5.41, 5.74) is -0.742. The molecule has 2 amide bonds. The van der Waals surface area contributed by atoms with Crippen LogP contribution >= 0.6 is 0 Å². The maximum atomic E-state index is 12.2. The Morgan fingerprint density at radius 1 is 1.47 bits per heavy atom. The SMILES string of the molecule is CCCC1(C(=O)O)CCN(C(=O)N(C)CCNC)C1. The van der Waals surface area contributed by atoms with E-state index in [2.05, 4.69) is 5.32 Å². The Labute approximate surface area is 114 Å². The summed E-state index contributed by atoms with van der Waals surface area (Å²) in [5.74, 6) is -0.775. The molecule has 1 rings (SSSR count). The fourth-order valence-corrected chi connectivity index (χ4v) is 2.62. The van der Waals surface area contributed by atoms with E-state index in [-0.39, 0.29) is 6.03 Å². The molecule has 110 valence electrons. The quantitative estimate of drug-likeness (QED) is 0.750. The highest BCUT2D eigenvalue weighted by Crippen LogP contribution is 2.35. The molecule has 1 aliphatic rings. The van der Waals surface area contributed by atoms with E-state index in [0.29, 0.717) is 32.5 Å². The average molecular weight is 271 g/mol. The lowest BCUT2D eigenvalue weighted by Gasteiger charge is -2.27. The summed E-state index contributed by atoms with van der Waals surface area (Å²) in [6.07, 6.45) is 2.01. The number of likely N-dealkylation sites (tertiary alicyclic amines) is 1. The van der Waals surface area contributed by atoms with Gasteiger partial charge in [-0.1, -0.05) is 13.3 Å². The van der Waals surface area contributed by atoms with E-state index in [1.54, 1.807) is 16.8 Å². The third kappa shape index (κ3) is 3.59. The van der Waals surface area contributed by atoms with Crippen molar-refractivity contribution in [3.05, 3.63) is 0 Å². The maximum absolute atomic E-state index is 12.2. The van der Waals surface area contributed by atoms with Gasteiger partial charge < -0.3 is 20.2 Å². The molecule has 1 unspecified atom stereocenters. The van der Waals surface area contributed by atoms with Crippen molar-refractivity contribution in [2.45, 2.75) is 26.2 Å². The van der Waals surface area contributed by atoms with Crippen LogP contribution in [0, 0.1) is 5.41 Å². The van der Waals surface area contributed by atoms with E-state index in [1.807, 2.05) is 14.0 Å². The van der Waals surface area contributed by atoms with Gasteiger partial charge in [-0.2, -0.15) is 0 Å². The molecule has 1 saturated heterocycles. The predicted molar refractivity (Wildman–Crippen MR) is 73.1 cm³/mol. The molecule has 1 heterocycles. The molecular weight excluding hydrogens is 246 g/mol. The van der Waals surface area contributed by atoms with Crippen molar-refractivity contribution in [2.75, 3.05) is 40.3 Å². The smallest absolute Gasteiger partial charge is 0.319 e. The second kappa shape index (κ2) is 6.75.